The van der Waals surface area contributed by atoms with Gasteiger partial charge in [-0.15, -0.1) is 0 Å². The average Bonchev–Trinajstić information content (AvgIpc) is 3.17. The number of carbonyl (C=O) groups is 1. The Morgan fingerprint density at radius 1 is 1.13 bits per heavy atom. The predicted molar refractivity (Wildman–Crippen MR) is 116 cm³/mol. The lowest BCUT2D eigenvalue weighted by Crippen LogP contribution is -2.52. The molecule has 170 valence electrons. The fourth-order valence-corrected chi connectivity index (χ4v) is 5.90. The van der Waals surface area contributed by atoms with Crippen LogP contribution in [-0.4, -0.2) is 79.2 Å². The van der Waals surface area contributed by atoms with E-state index < -0.39 is 15.8 Å². The fourth-order valence-electron chi connectivity index (χ4n) is 4.41. The van der Waals surface area contributed by atoms with E-state index in [0.717, 1.165) is 32.7 Å². The SMILES string of the molecule is CCCCN1CCN(C(=O)C2CCN(S(=O)(=O)c3ccc4[nH]c(=O)oc4c3)CC2)CC1. The Balaban J connectivity index is 1.34. The zero-order valence-electron chi connectivity index (χ0n) is 17.9. The quantitative estimate of drug-likeness (QED) is 0.714. The van der Waals surface area contributed by atoms with Crippen LogP contribution in [-0.2, 0) is 14.8 Å². The van der Waals surface area contributed by atoms with Crippen molar-refractivity contribution in [1.82, 2.24) is 19.1 Å². The number of carbonyl (C=O) groups excluding carboxylic acids is 1. The van der Waals surface area contributed by atoms with Crippen LogP contribution in [0.4, 0.5) is 0 Å². The molecule has 1 N–H and O–H groups in total. The summed E-state index contributed by atoms with van der Waals surface area (Å²) < 4.78 is 32.5. The van der Waals surface area contributed by atoms with Crippen molar-refractivity contribution in [1.29, 1.82) is 0 Å². The molecule has 9 nitrogen and oxygen atoms in total. The number of aromatic amines is 1. The highest BCUT2D eigenvalue weighted by Crippen LogP contribution is 2.27. The molecule has 0 aliphatic carbocycles. The summed E-state index contributed by atoms with van der Waals surface area (Å²) in [5, 5.41) is 0. The second-order valence-electron chi connectivity index (χ2n) is 8.37. The van der Waals surface area contributed by atoms with Gasteiger partial charge in [-0.2, -0.15) is 4.31 Å². The summed E-state index contributed by atoms with van der Waals surface area (Å²) >= 11 is 0. The van der Waals surface area contributed by atoms with Gasteiger partial charge in [-0.25, -0.2) is 13.2 Å². The molecular weight excluding hydrogens is 420 g/mol. The summed E-state index contributed by atoms with van der Waals surface area (Å²) in [6.07, 6.45) is 3.41. The minimum atomic E-state index is -3.71. The number of oxazole rings is 1. The molecule has 0 bridgehead atoms. The van der Waals surface area contributed by atoms with Crippen molar-refractivity contribution in [3.63, 3.8) is 0 Å². The van der Waals surface area contributed by atoms with Crippen molar-refractivity contribution in [2.75, 3.05) is 45.8 Å². The maximum atomic E-state index is 13.0. The monoisotopic (exact) mass is 450 g/mol. The maximum Gasteiger partial charge on any atom is 0.417 e. The normalized spacial score (nSPS) is 19.8. The molecule has 10 heteroatoms. The van der Waals surface area contributed by atoms with Crippen molar-refractivity contribution in [3.8, 4) is 0 Å². The predicted octanol–water partition coefficient (Wildman–Crippen LogP) is 1.47. The van der Waals surface area contributed by atoms with E-state index in [0.29, 0.717) is 31.4 Å². The third-order valence-electron chi connectivity index (χ3n) is 6.35. The molecule has 0 radical (unpaired) electrons. The number of nitrogens with zero attached hydrogens (tertiary/aromatic N) is 3. The van der Waals surface area contributed by atoms with E-state index in [1.165, 1.54) is 35.3 Å². The number of amides is 1. The first kappa shape index (κ1) is 22.0. The second-order valence-corrected chi connectivity index (χ2v) is 10.3. The molecule has 2 aromatic rings. The van der Waals surface area contributed by atoms with E-state index in [2.05, 4.69) is 16.8 Å². The van der Waals surface area contributed by atoms with E-state index in [-0.39, 0.29) is 22.3 Å². The van der Waals surface area contributed by atoms with Crippen LogP contribution in [0.25, 0.3) is 11.1 Å². The molecule has 0 atom stereocenters. The molecule has 1 aromatic heterocycles. The topological polar surface area (TPSA) is 107 Å². The van der Waals surface area contributed by atoms with Crippen LogP contribution < -0.4 is 5.76 Å². The number of benzene rings is 1. The van der Waals surface area contributed by atoms with Gasteiger partial charge in [0.2, 0.25) is 15.9 Å². The molecule has 0 unspecified atom stereocenters. The maximum absolute atomic E-state index is 13.0. The molecule has 0 spiro atoms. The molecule has 1 amide bonds. The number of unbranched alkanes of at least 4 members (excludes halogenated alkanes) is 1. The van der Waals surface area contributed by atoms with Gasteiger partial charge < -0.3 is 9.32 Å². The number of H-pyrrole nitrogens is 1. The second kappa shape index (κ2) is 9.13. The fraction of sp³-hybridized carbons (Fsp3) is 0.619. The van der Waals surface area contributed by atoms with Gasteiger partial charge in [-0.1, -0.05) is 13.3 Å². The van der Waals surface area contributed by atoms with Crippen LogP contribution in [0, 0.1) is 5.92 Å². The Kier molecular flexibility index (Phi) is 6.49. The van der Waals surface area contributed by atoms with Gasteiger partial charge in [0, 0.05) is 51.3 Å². The Hall–Kier alpha value is -2.17. The van der Waals surface area contributed by atoms with E-state index in [1.54, 1.807) is 0 Å². The third-order valence-corrected chi connectivity index (χ3v) is 8.24. The number of sulfonamides is 1. The van der Waals surface area contributed by atoms with Gasteiger partial charge in [-0.3, -0.25) is 14.7 Å². The number of hydrogen-bond acceptors (Lipinski definition) is 6. The molecule has 2 fully saturated rings. The number of fused-ring (bicyclic) bond motifs is 1. The van der Waals surface area contributed by atoms with Crippen molar-refractivity contribution in [2.24, 2.45) is 5.92 Å². The van der Waals surface area contributed by atoms with Crippen LogP contribution in [0.2, 0.25) is 0 Å². The molecule has 2 aliphatic rings. The van der Waals surface area contributed by atoms with Crippen LogP contribution in [0.1, 0.15) is 32.6 Å². The Bertz CT molecular complexity index is 1080. The van der Waals surface area contributed by atoms with Gasteiger partial charge >= 0.3 is 5.76 Å². The standard InChI is InChI=1S/C21H30N4O5S/c1-2-3-8-23-11-13-24(14-12-23)20(26)16-6-9-25(10-7-16)31(28,29)17-4-5-18-19(15-17)30-21(27)22-18/h4-5,15-16H,2-3,6-14H2,1H3,(H,22,27). The third kappa shape index (κ3) is 4.70. The van der Waals surface area contributed by atoms with E-state index in [4.69, 9.17) is 4.42 Å². The number of aromatic nitrogens is 1. The highest BCUT2D eigenvalue weighted by Gasteiger charge is 2.34. The van der Waals surface area contributed by atoms with Crippen molar-refractivity contribution in [3.05, 3.63) is 28.7 Å². The minimum Gasteiger partial charge on any atom is -0.408 e. The summed E-state index contributed by atoms with van der Waals surface area (Å²) in [4.78, 5) is 31.2. The van der Waals surface area contributed by atoms with Crippen LogP contribution in [0.3, 0.4) is 0 Å². The average molecular weight is 451 g/mol. The molecule has 2 saturated heterocycles. The molecule has 31 heavy (non-hydrogen) atoms. The van der Waals surface area contributed by atoms with Crippen LogP contribution in [0.15, 0.2) is 32.3 Å². The van der Waals surface area contributed by atoms with Crippen LogP contribution in [0.5, 0.6) is 0 Å². The minimum absolute atomic E-state index is 0.0933. The first-order valence-corrected chi connectivity index (χ1v) is 12.5. The van der Waals surface area contributed by atoms with E-state index >= 15 is 0 Å². The lowest BCUT2D eigenvalue weighted by molar-refractivity contribution is -0.138. The summed E-state index contributed by atoms with van der Waals surface area (Å²) in [5.74, 6) is -0.586. The van der Waals surface area contributed by atoms with Crippen molar-refractivity contribution >= 4 is 27.0 Å². The molecule has 4 rings (SSSR count). The number of hydrogen-bond donors (Lipinski definition) is 1. The molecule has 2 aliphatic heterocycles. The zero-order valence-corrected chi connectivity index (χ0v) is 18.7. The molecular formula is C21H30N4O5S. The summed E-state index contributed by atoms with van der Waals surface area (Å²) in [6.45, 7) is 7.23. The molecule has 1 aromatic carbocycles. The zero-order chi connectivity index (χ0) is 22.0. The van der Waals surface area contributed by atoms with E-state index in [1.807, 2.05) is 4.90 Å². The summed E-state index contributed by atoms with van der Waals surface area (Å²) in [6, 6.07) is 4.37. The number of nitrogens with one attached hydrogen (secondary N) is 1. The Labute approximate surface area is 182 Å². The number of rotatable bonds is 6. The Morgan fingerprint density at radius 2 is 1.84 bits per heavy atom. The van der Waals surface area contributed by atoms with Gasteiger partial charge in [0.15, 0.2) is 5.58 Å². The smallest absolute Gasteiger partial charge is 0.408 e. The largest absolute Gasteiger partial charge is 0.417 e. The first-order chi connectivity index (χ1) is 14.9. The lowest BCUT2D eigenvalue weighted by atomic mass is 9.96. The van der Waals surface area contributed by atoms with Crippen molar-refractivity contribution < 1.29 is 17.6 Å². The first-order valence-electron chi connectivity index (χ1n) is 11.0. The highest BCUT2D eigenvalue weighted by atomic mass is 32.2. The van der Waals surface area contributed by atoms with Gasteiger partial charge in [-0.05, 0) is 37.9 Å². The van der Waals surface area contributed by atoms with Gasteiger partial charge in [0.1, 0.15) is 0 Å². The number of piperazine rings is 1. The summed E-state index contributed by atoms with van der Waals surface area (Å²) in [7, 11) is -3.71. The Morgan fingerprint density at radius 3 is 2.52 bits per heavy atom. The van der Waals surface area contributed by atoms with Crippen molar-refractivity contribution in [2.45, 2.75) is 37.5 Å². The van der Waals surface area contributed by atoms with E-state index in [9.17, 15) is 18.0 Å². The van der Waals surface area contributed by atoms with Gasteiger partial charge in [0.05, 0.1) is 10.4 Å². The lowest BCUT2D eigenvalue weighted by Gasteiger charge is -2.38. The summed E-state index contributed by atoms with van der Waals surface area (Å²) in [5.41, 5.74) is 0.678. The van der Waals surface area contributed by atoms with Crippen LogP contribution >= 0.6 is 0 Å². The van der Waals surface area contributed by atoms with Gasteiger partial charge in [0.25, 0.3) is 0 Å². The number of piperidine rings is 1. The highest BCUT2D eigenvalue weighted by molar-refractivity contribution is 7.89. The molecule has 0 saturated carbocycles. The molecule has 3 heterocycles.